The average molecular weight is 241 g/mol. The lowest BCUT2D eigenvalue weighted by Crippen LogP contribution is -2.40. The molecule has 2 fully saturated rings. The Morgan fingerprint density at radius 2 is 1.88 bits per heavy atom. The normalized spacial score (nSPS) is 23.2. The Morgan fingerprint density at radius 1 is 1.18 bits per heavy atom. The molecule has 0 spiro atoms. The van der Waals surface area contributed by atoms with Crippen molar-refractivity contribution in [3.05, 3.63) is 35.4 Å². The van der Waals surface area contributed by atoms with E-state index >= 15 is 0 Å². The number of alkyl halides is 3. The summed E-state index contributed by atoms with van der Waals surface area (Å²) in [6, 6.07) is 7.07. The van der Waals surface area contributed by atoms with Crippen LogP contribution in [0.25, 0.3) is 0 Å². The van der Waals surface area contributed by atoms with E-state index in [1.165, 1.54) is 0 Å². The molecule has 1 nitrogen and oxygen atoms in total. The van der Waals surface area contributed by atoms with Crippen LogP contribution in [0.1, 0.15) is 29.9 Å². The van der Waals surface area contributed by atoms with Gasteiger partial charge in [0.05, 0.1) is 5.41 Å². The molecular formula is C13H14F3N. The molecule has 17 heavy (non-hydrogen) atoms. The molecule has 2 aliphatic rings. The Balaban J connectivity index is 1.93. The zero-order chi connectivity index (χ0) is 12.1. The van der Waals surface area contributed by atoms with Crippen molar-refractivity contribution in [1.82, 2.24) is 5.32 Å². The second-order valence-electron chi connectivity index (χ2n) is 5.06. The van der Waals surface area contributed by atoms with Gasteiger partial charge < -0.3 is 5.32 Å². The number of hydrogen-bond donors (Lipinski definition) is 1. The molecule has 0 unspecified atom stereocenters. The molecule has 1 saturated heterocycles. The van der Waals surface area contributed by atoms with E-state index in [9.17, 15) is 13.2 Å². The van der Waals surface area contributed by atoms with E-state index in [2.05, 4.69) is 5.32 Å². The van der Waals surface area contributed by atoms with Crippen LogP contribution in [0.4, 0.5) is 13.2 Å². The first-order valence-electron chi connectivity index (χ1n) is 5.91. The van der Waals surface area contributed by atoms with E-state index in [1.807, 2.05) is 6.07 Å². The molecule has 1 aromatic rings. The van der Waals surface area contributed by atoms with E-state index in [0.717, 1.165) is 18.7 Å². The molecule has 0 amide bonds. The van der Waals surface area contributed by atoms with Crippen LogP contribution < -0.4 is 5.32 Å². The molecule has 1 aliphatic heterocycles. The third-order valence-electron chi connectivity index (χ3n) is 3.98. The minimum absolute atomic E-state index is 0.239. The maximum atomic E-state index is 13.0. The summed E-state index contributed by atoms with van der Waals surface area (Å²) >= 11 is 0. The van der Waals surface area contributed by atoms with Gasteiger partial charge in [0, 0.05) is 19.0 Å². The van der Waals surface area contributed by atoms with Crippen LogP contribution in [-0.4, -0.2) is 19.3 Å². The molecular weight excluding hydrogens is 227 g/mol. The van der Waals surface area contributed by atoms with Crippen LogP contribution in [0.5, 0.6) is 0 Å². The minimum Gasteiger partial charge on any atom is -0.315 e. The van der Waals surface area contributed by atoms with Gasteiger partial charge in [-0.2, -0.15) is 13.2 Å². The van der Waals surface area contributed by atoms with Crippen molar-refractivity contribution < 1.29 is 13.2 Å². The predicted octanol–water partition coefficient (Wildman–Crippen LogP) is 2.97. The molecule has 3 rings (SSSR count). The van der Waals surface area contributed by atoms with Gasteiger partial charge in [0.25, 0.3) is 0 Å². The van der Waals surface area contributed by atoms with Crippen LogP contribution in [0.15, 0.2) is 24.3 Å². The van der Waals surface area contributed by atoms with Crippen LogP contribution in [0.3, 0.4) is 0 Å². The molecule has 0 aromatic heterocycles. The van der Waals surface area contributed by atoms with E-state index in [-0.39, 0.29) is 12.8 Å². The van der Waals surface area contributed by atoms with Gasteiger partial charge in [0.1, 0.15) is 0 Å². The minimum atomic E-state index is -4.11. The Hall–Kier alpha value is -1.03. The first-order valence-corrected chi connectivity index (χ1v) is 5.91. The Morgan fingerprint density at radius 3 is 2.35 bits per heavy atom. The summed E-state index contributed by atoms with van der Waals surface area (Å²) in [4.78, 5) is 0. The zero-order valence-electron chi connectivity index (χ0n) is 9.35. The Bertz CT molecular complexity index is 431. The van der Waals surface area contributed by atoms with Crippen molar-refractivity contribution in [3.63, 3.8) is 0 Å². The van der Waals surface area contributed by atoms with Gasteiger partial charge in [0.15, 0.2) is 0 Å². The second-order valence-corrected chi connectivity index (χ2v) is 5.06. The molecule has 92 valence electrons. The standard InChI is InChI=1S/C13H14F3N/c14-13(15,16)12(4-5-12)11-3-1-2-9(6-11)10-7-17-8-10/h1-3,6,10,17H,4-5,7-8H2. The van der Waals surface area contributed by atoms with Crippen LogP contribution in [-0.2, 0) is 5.41 Å². The summed E-state index contributed by atoms with van der Waals surface area (Å²) in [5.74, 6) is 0.388. The summed E-state index contributed by atoms with van der Waals surface area (Å²) in [7, 11) is 0. The molecule has 1 aliphatic carbocycles. The number of benzene rings is 1. The Labute approximate surface area is 98.0 Å². The fourth-order valence-corrected chi connectivity index (χ4v) is 2.48. The average Bonchev–Trinajstić information content (AvgIpc) is 2.94. The van der Waals surface area contributed by atoms with Crippen molar-refractivity contribution in [1.29, 1.82) is 0 Å². The van der Waals surface area contributed by atoms with Gasteiger partial charge in [-0.3, -0.25) is 0 Å². The SMILES string of the molecule is FC(F)(F)C1(c2cccc(C3CNC3)c2)CC1. The number of hydrogen-bond acceptors (Lipinski definition) is 1. The quantitative estimate of drug-likeness (QED) is 0.839. The molecule has 0 atom stereocenters. The first-order chi connectivity index (χ1) is 8.03. The molecule has 0 bridgehead atoms. The van der Waals surface area contributed by atoms with Crippen molar-refractivity contribution in [2.75, 3.05) is 13.1 Å². The van der Waals surface area contributed by atoms with Crippen LogP contribution in [0.2, 0.25) is 0 Å². The van der Waals surface area contributed by atoms with E-state index < -0.39 is 11.6 Å². The fourth-order valence-electron chi connectivity index (χ4n) is 2.48. The lowest BCUT2D eigenvalue weighted by molar-refractivity contribution is -0.160. The summed E-state index contributed by atoms with van der Waals surface area (Å²) in [6.45, 7) is 1.75. The van der Waals surface area contributed by atoms with E-state index in [0.29, 0.717) is 11.5 Å². The highest BCUT2D eigenvalue weighted by Crippen LogP contribution is 2.59. The third kappa shape index (κ3) is 1.66. The highest BCUT2D eigenvalue weighted by molar-refractivity contribution is 5.38. The van der Waals surface area contributed by atoms with Crippen molar-refractivity contribution >= 4 is 0 Å². The summed E-state index contributed by atoms with van der Waals surface area (Å²) < 4.78 is 39.0. The highest BCUT2D eigenvalue weighted by Gasteiger charge is 2.64. The number of halogens is 3. The van der Waals surface area contributed by atoms with Gasteiger partial charge in [-0.25, -0.2) is 0 Å². The number of rotatable bonds is 2. The van der Waals surface area contributed by atoms with Gasteiger partial charge in [-0.15, -0.1) is 0 Å². The zero-order valence-corrected chi connectivity index (χ0v) is 9.35. The van der Waals surface area contributed by atoms with Crippen molar-refractivity contribution in [3.8, 4) is 0 Å². The third-order valence-corrected chi connectivity index (χ3v) is 3.98. The monoisotopic (exact) mass is 241 g/mol. The lowest BCUT2D eigenvalue weighted by Gasteiger charge is -2.29. The summed E-state index contributed by atoms with van der Waals surface area (Å²) in [6.07, 6.45) is -3.63. The van der Waals surface area contributed by atoms with Crippen molar-refractivity contribution in [2.45, 2.75) is 30.4 Å². The largest absolute Gasteiger partial charge is 0.398 e. The molecule has 1 aromatic carbocycles. The predicted molar refractivity (Wildman–Crippen MR) is 59.0 cm³/mol. The Kier molecular flexibility index (Phi) is 2.27. The fraction of sp³-hybridized carbons (Fsp3) is 0.538. The van der Waals surface area contributed by atoms with E-state index in [4.69, 9.17) is 0 Å². The maximum Gasteiger partial charge on any atom is 0.398 e. The van der Waals surface area contributed by atoms with Gasteiger partial charge in [-0.1, -0.05) is 24.3 Å². The molecule has 0 radical (unpaired) electrons. The number of nitrogens with one attached hydrogen (secondary N) is 1. The van der Waals surface area contributed by atoms with Crippen molar-refractivity contribution in [2.24, 2.45) is 0 Å². The van der Waals surface area contributed by atoms with Crippen LogP contribution in [0, 0.1) is 0 Å². The maximum absolute atomic E-state index is 13.0. The molecule has 4 heteroatoms. The smallest absolute Gasteiger partial charge is 0.315 e. The summed E-state index contributed by atoms with van der Waals surface area (Å²) in [5.41, 5.74) is -0.0497. The van der Waals surface area contributed by atoms with Gasteiger partial charge in [-0.05, 0) is 24.0 Å². The molecule has 1 saturated carbocycles. The van der Waals surface area contributed by atoms with E-state index in [1.54, 1.807) is 18.2 Å². The molecule has 1 heterocycles. The second kappa shape index (κ2) is 3.48. The van der Waals surface area contributed by atoms with Crippen LogP contribution >= 0.6 is 0 Å². The first kappa shape index (κ1) is 11.1. The lowest BCUT2D eigenvalue weighted by atomic mass is 9.88. The van der Waals surface area contributed by atoms with Gasteiger partial charge >= 0.3 is 6.18 Å². The van der Waals surface area contributed by atoms with Gasteiger partial charge in [0.2, 0.25) is 0 Å². The summed E-state index contributed by atoms with van der Waals surface area (Å²) in [5, 5.41) is 3.14. The topological polar surface area (TPSA) is 12.0 Å². The highest BCUT2D eigenvalue weighted by atomic mass is 19.4. The molecule has 1 N–H and O–H groups in total.